The van der Waals surface area contributed by atoms with Crippen LogP contribution in [-0.4, -0.2) is 9.55 Å². The van der Waals surface area contributed by atoms with E-state index >= 15 is 0 Å². The molecular formula is C15H14BrN3. The molecule has 4 heteroatoms. The highest BCUT2D eigenvalue weighted by molar-refractivity contribution is 9.10. The molecule has 2 aromatic carbocycles. The van der Waals surface area contributed by atoms with E-state index < -0.39 is 0 Å². The van der Waals surface area contributed by atoms with Crippen LogP contribution in [0.2, 0.25) is 0 Å². The Balaban J connectivity index is 1.93. The van der Waals surface area contributed by atoms with Gasteiger partial charge in [-0.15, -0.1) is 0 Å². The molecule has 0 fully saturated rings. The summed E-state index contributed by atoms with van der Waals surface area (Å²) in [6.45, 7) is 0.766. The molecule has 1 N–H and O–H groups in total. The molecule has 0 bridgehead atoms. The normalized spacial score (nSPS) is 10.8. The van der Waals surface area contributed by atoms with Crippen molar-refractivity contribution in [2.45, 2.75) is 6.54 Å². The quantitative estimate of drug-likeness (QED) is 0.793. The maximum absolute atomic E-state index is 4.13. The number of hydrogen-bond donors (Lipinski definition) is 1. The van der Waals surface area contributed by atoms with Crippen LogP contribution in [0.4, 0.5) is 5.69 Å². The van der Waals surface area contributed by atoms with Crippen molar-refractivity contribution in [3.8, 4) is 0 Å². The van der Waals surface area contributed by atoms with Crippen molar-refractivity contribution in [1.82, 2.24) is 9.55 Å². The third-order valence-electron chi connectivity index (χ3n) is 3.25. The largest absolute Gasteiger partial charge is 0.379 e. The van der Waals surface area contributed by atoms with Crippen molar-refractivity contribution in [3.05, 3.63) is 59.1 Å². The van der Waals surface area contributed by atoms with Crippen molar-refractivity contribution in [2.24, 2.45) is 7.05 Å². The lowest BCUT2D eigenvalue weighted by Crippen LogP contribution is -2.04. The van der Waals surface area contributed by atoms with E-state index in [1.807, 2.05) is 24.1 Å². The molecule has 19 heavy (non-hydrogen) atoms. The summed E-state index contributed by atoms with van der Waals surface area (Å²) in [5, 5.41) is 5.92. The molecule has 3 nitrogen and oxygen atoms in total. The highest BCUT2D eigenvalue weighted by Crippen LogP contribution is 2.30. The van der Waals surface area contributed by atoms with E-state index in [1.165, 1.54) is 10.8 Å². The molecule has 0 saturated heterocycles. The minimum Gasteiger partial charge on any atom is -0.379 e. The maximum atomic E-state index is 4.13. The molecule has 0 aliphatic carbocycles. The smallest absolute Gasteiger partial charge is 0.0946 e. The molecule has 0 aliphatic rings. The van der Waals surface area contributed by atoms with Crippen molar-refractivity contribution in [3.63, 3.8) is 0 Å². The van der Waals surface area contributed by atoms with Gasteiger partial charge in [0.1, 0.15) is 0 Å². The number of rotatable bonds is 3. The van der Waals surface area contributed by atoms with Crippen LogP contribution in [0.15, 0.2) is 53.4 Å². The van der Waals surface area contributed by atoms with Gasteiger partial charge in [0.25, 0.3) is 0 Å². The van der Waals surface area contributed by atoms with E-state index in [0.29, 0.717) is 0 Å². The number of benzene rings is 2. The predicted octanol–water partition coefficient (Wildman–Crippen LogP) is 3.95. The fourth-order valence-electron chi connectivity index (χ4n) is 2.16. The summed E-state index contributed by atoms with van der Waals surface area (Å²) in [5.74, 6) is 0. The molecule has 0 radical (unpaired) electrons. The van der Waals surface area contributed by atoms with E-state index in [2.05, 4.69) is 62.6 Å². The Morgan fingerprint density at radius 1 is 1.16 bits per heavy atom. The number of hydrogen-bond acceptors (Lipinski definition) is 2. The summed E-state index contributed by atoms with van der Waals surface area (Å²) in [6, 6.07) is 12.5. The Labute approximate surface area is 120 Å². The molecule has 1 aromatic heterocycles. The first-order valence-electron chi connectivity index (χ1n) is 6.12. The lowest BCUT2D eigenvalue weighted by atomic mass is 10.1. The number of aromatic nitrogens is 2. The van der Waals surface area contributed by atoms with Gasteiger partial charge in [-0.1, -0.05) is 40.2 Å². The Hall–Kier alpha value is -1.81. The Kier molecular flexibility index (Phi) is 3.25. The third kappa shape index (κ3) is 2.36. The lowest BCUT2D eigenvalue weighted by molar-refractivity contribution is 0.838. The van der Waals surface area contributed by atoms with E-state index in [-0.39, 0.29) is 0 Å². The van der Waals surface area contributed by atoms with Gasteiger partial charge in [0.2, 0.25) is 0 Å². The number of nitrogens with zero attached hydrogens (tertiary/aromatic N) is 2. The number of aryl methyl sites for hydroxylation is 1. The van der Waals surface area contributed by atoms with Crippen LogP contribution in [0.25, 0.3) is 10.8 Å². The molecule has 0 atom stereocenters. The van der Waals surface area contributed by atoms with E-state index in [0.717, 1.165) is 22.4 Å². The number of halogens is 1. The summed E-state index contributed by atoms with van der Waals surface area (Å²) < 4.78 is 3.14. The molecule has 3 rings (SSSR count). The first kappa shape index (κ1) is 12.2. The van der Waals surface area contributed by atoms with Gasteiger partial charge >= 0.3 is 0 Å². The third-order valence-corrected chi connectivity index (χ3v) is 3.94. The zero-order valence-electron chi connectivity index (χ0n) is 10.6. The van der Waals surface area contributed by atoms with Gasteiger partial charge in [0.15, 0.2) is 0 Å². The monoisotopic (exact) mass is 315 g/mol. The summed E-state index contributed by atoms with van der Waals surface area (Å²) in [4.78, 5) is 4.13. The van der Waals surface area contributed by atoms with Gasteiger partial charge in [-0.3, -0.25) is 0 Å². The van der Waals surface area contributed by atoms with Gasteiger partial charge in [0.05, 0.1) is 18.6 Å². The molecule has 0 spiro atoms. The summed E-state index contributed by atoms with van der Waals surface area (Å²) in [5.41, 5.74) is 2.30. The van der Waals surface area contributed by atoms with Crippen molar-refractivity contribution >= 4 is 32.4 Å². The van der Waals surface area contributed by atoms with Crippen LogP contribution in [0.5, 0.6) is 0 Å². The van der Waals surface area contributed by atoms with E-state index in [4.69, 9.17) is 0 Å². The molecule has 0 saturated carbocycles. The van der Waals surface area contributed by atoms with Crippen molar-refractivity contribution in [1.29, 1.82) is 0 Å². The summed E-state index contributed by atoms with van der Waals surface area (Å²) >= 11 is 3.59. The fraction of sp³-hybridized carbons (Fsp3) is 0.133. The molecule has 1 heterocycles. The van der Waals surface area contributed by atoms with Crippen molar-refractivity contribution < 1.29 is 0 Å². The second-order valence-corrected chi connectivity index (χ2v) is 5.34. The van der Waals surface area contributed by atoms with Gasteiger partial charge in [-0.05, 0) is 17.5 Å². The number of anilines is 1. The average molecular weight is 316 g/mol. The predicted molar refractivity (Wildman–Crippen MR) is 82.2 cm³/mol. The van der Waals surface area contributed by atoms with Gasteiger partial charge in [-0.25, -0.2) is 4.98 Å². The van der Waals surface area contributed by atoms with Gasteiger partial charge in [0, 0.05) is 28.8 Å². The van der Waals surface area contributed by atoms with E-state index in [1.54, 1.807) is 0 Å². The molecule has 96 valence electrons. The highest BCUT2D eigenvalue weighted by atomic mass is 79.9. The standard InChI is InChI=1S/C15H14BrN3/c1-19-10-17-8-11(19)9-18-15-7-6-14(16)12-4-2-3-5-13(12)15/h2-8,10,18H,9H2,1H3. The van der Waals surface area contributed by atoms with Gasteiger partial charge in [-0.2, -0.15) is 0 Å². The molecule has 0 amide bonds. The fourth-order valence-corrected chi connectivity index (χ4v) is 2.64. The second kappa shape index (κ2) is 5.05. The van der Waals surface area contributed by atoms with E-state index in [9.17, 15) is 0 Å². The summed E-state index contributed by atoms with van der Waals surface area (Å²) in [6.07, 6.45) is 3.70. The molecule has 0 unspecified atom stereocenters. The number of fused-ring (bicyclic) bond motifs is 1. The Morgan fingerprint density at radius 2 is 1.95 bits per heavy atom. The minimum atomic E-state index is 0.766. The minimum absolute atomic E-state index is 0.766. The zero-order chi connectivity index (χ0) is 13.2. The maximum Gasteiger partial charge on any atom is 0.0946 e. The molecular weight excluding hydrogens is 302 g/mol. The van der Waals surface area contributed by atoms with Crippen LogP contribution in [0.1, 0.15) is 5.69 Å². The average Bonchev–Trinajstić information content (AvgIpc) is 2.84. The molecule has 0 aliphatic heterocycles. The van der Waals surface area contributed by atoms with Crippen LogP contribution in [0, 0.1) is 0 Å². The number of nitrogens with one attached hydrogen (secondary N) is 1. The second-order valence-electron chi connectivity index (χ2n) is 4.49. The van der Waals surface area contributed by atoms with Crippen LogP contribution in [0.3, 0.4) is 0 Å². The van der Waals surface area contributed by atoms with Crippen LogP contribution < -0.4 is 5.32 Å². The Morgan fingerprint density at radius 3 is 2.68 bits per heavy atom. The highest BCUT2D eigenvalue weighted by Gasteiger charge is 2.04. The first-order valence-corrected chi connectivity index (χ1v) is 6.91. The van der Waals surface area contributed by atoms with Crippen molar-refractivity contribution in [2.75, 3.05) is 5.32 Å². The molecule has 3 aromatic rings. The number of imidazole rings is 1. The topological polar surface area (TPSA) is 29.9 Å². The zero-order valence-corrected chi connectivity index (χ0v) is 12.2. The Bertz CT molecular complexity index is 718. The van der Waals surface area contributed by atoms with Crippen LogP contribution in [-0.2, 0) is 13.6 Å². The lowest BCUT2D eigenvalue weighted by Gasteiger charge is -2.11. The summed E-state index contributed by atoms with van der Waals surface area (Å²) in [7, 11) is 2.00. The first-order chi connectivity index (χ1) is 9.25. The van der Waals surface area contributed by atoms with Crippen LogP contribution >= 0.6 is 15.9 Å². The van der Waals surface area contributed by atoms with Gasteiger partial charge < -0.3 is 9.88 Å². The SMILES string of the molecule is Cn1cncc1CNc1ccc(Br)c2ccccc12.